The molecular formula is C16H20ClN5O3S. The Balaban J connectivity index is 2.30. The molecule has 0 aliphatic rings. The highest BCUT2D eigenvalue weighted by molar-refractivity contribution is 7.71. The molecule has 0 saturated heterocycles. The van der Waals surface area contributed by atoms with Crippen molar-refractivity contribution in [1.29, 1.82) is 0 Å². The summed E-state index contributed by atoms with van der Waals surface area (Å²) in [6.07, 6.45) is 1.58. The number of amides is 1. The van der Waals surface area contributed by atoms with Gasteiger partial charge in [-0.25, -0.2) is 0 Å². The van der Waals surface area contributed by atoms with Crippen molar-refractivity contribution < 1.29 is 14.3 Å². The number of benzene rings is 1. The summed E-state index contributed by atoms with van der Waals surface area (Å²) >= 11 is 11.4. The quantitative estimate of drug-likeness (QED) is 0.573. The SMILES string of the molecule is CCOc1cc(/C=N\n2c(C)n[nH]c2=S)cc(Cl)c1OCC(=O)N(C)C. The lowest BCUT2D eigenvalue weighted by Crippen LogP contribution is -2.27. The molecule has 0 aliphatic carbocycles. The molecule has 2 aromatic rings. The first kappa shape index (κ1) is 19.9. The first-order chi connectivity index (χ1) is 12.3. The summed E-state index contributed by atoms with van der Waals surface area (Å²) in [5.74, 6) is 1.20. The van der Waals surface area contributed by atoms with Crippen LogP contribution in [0.4, 0.5) is 0 Å². The number of carbonyl (C=O) groups is 1. The number of aryl methyl sites for hydroxylation is 1. The van der Waals surface area contributed by atoms with E-state index in [2.05, 4.69) is 15.3 Å². The van der Waals surface area contributed by atoms with Crippen LogP contribution in [0.15, 0.2) is 17.2 Å². The number of rotatable bonds is 7. The van der Waals surface area contributed by atoms with Gasteiger partial charge in [0, 0.05) is 14.1 Å². The Bertz CT molecular complexity index is 875. The van der Waals surface area contributed by atoms with Crippen LogP contribution in [0.1, 0.15) is 18.3 Å². The van der Waals surface area contributed by atoms with E-state index in [1.807, 2.05) is 6.92 Å². The van der Waals surface area contributed by atoms with Crippen molar-refractivity contribution in [2.45, 2.75) is 13.8 Å². The summed E-state index contributed by atoms with van der Waals surface area (Å²) < 4.78 is 13.0. The molecule has 0 spiro atoms. The van der Waals surface area contributed by atoms with Crippen LogP contribution in [-0.4, -0.2) is 59.2 Å². The highest BCUT2D eigenvalue weighted by Crippen LogP contribution is 2.36. The zero-order chi connectivity index (χ0) is 19.3. The topological polar surface area (TPSA) is 84.7 Å². The van der Waals surface area contributed by atoms with Gasteiger partial charge in [-0.15, -0.1) is 0 Å². The van der Waals surface area contributed by atoms with Crippen LogP contribution in [0.3, 0.4) is 0 Å². The smallest absolute Gasteiger partial charge is 0.259 e. The fraction of sp³-hybridized carbons (Fsp3) is 0.375. The fourth-order valence-electron chi connectivity index (χ4n) is 1.96. The zero-order valence-corrected chi connectivity index (χ0v) is 16.5. The second-order valence-corrected chi connectivity index (χ2v) is 6.27. The summed E-state index contributed by atoms with van der Waals surface area (Å²) in [4.78, 5) is 13.2. The van der Waals surface area contributed by atoms with Crippen molar-refractivity contribution in [3.05, 3.63) is 33.3 Å². The third-order valence-electron chi connectivity index (χ3n) is 3.31. The van der Waals surface area contributed by atoms with Gasteiger partial charge >= 0.3 is 0 Å². The van der Waals surface area contributed by atoms with E-state index in [4.69, 9.17) is 33.3 Å². The molecule has 1 aromatic heterocycles. The summed E-state index contributed by atoms with van der Waals surface area (Å²) in [5, 5.41) is 11.2. The maximum Gasteiger partial charge on any atom is 0.259 e. The molecule has 2 rings (SSSR count). The van der Waals surface area contributed by atoms with Crippen molar-refractivity contribution in [3.63, 3.8) is 0 Å². The Morgan fingerprint density at radius 1 is 1.46 bits per heavy atom. The summed E-state index contributed by atoms with van der Waals surface area (Å²) in [6, 6.07) is 3.40. The number of hydrogen-bond donors (Lipinski definition) is 1. The molecule has 0 bridgehead atoms. The second-order valence-electron chi connectivity index (χ2n) is 5.47. The van der Waals surface area contributed by atoms with E-state index in [-0.39, 0.29) is 12.5 Å². The largest absolute Gasteiger partial charge is 0.490 e. The molecule has 1 aromatic carbocycles. The van der Waals surface area contributed by atoms with Crippen LogP contribution in [-0.2, 0) is 4.79 Å². The number of nitrogens with one attached hydrogen (secondary N) is 1. The molecule has 0 saturated carbocycles. The Morgan fingerprint density at radius 3 is 2.77 bits per heavy atom. The average molecular weight is 398 g/mol. The molecule has 0 atom stereocenters. The van der Waals surface area contributed by atoms with Gasteiger partial charge in [0.15, 0.2) is 18.1 Å². The van der Waals surface area contributed by atoms with E-state index in [9.17, 15) is 4.79 Å². The van der Waals surface area contributed by atoms with E-state index < -0.39 is 0 Å². The molecule has 1 heterocycles. The first-order valence-corrected chi connectivity index (χ1v) is 8.59. The Kier molecular flexibility index (Phi) is 6.76. The van der Waals surface area contributed by atoms with Crippen molar-refractivity contribution in [1.82, 2.24) is 19.8 Å². The molecule has 0 aliphatic heterocycles. The van der Waals surface area contributed by atoms with E-state index in [1.165, 1.54) is 9.58 Å². The standard InChI is InChI=1S/C16H20ClN5O3S/c1-5-24-13-7-11(8-18-22-10(2)19-20-16(22)26)6-12(17)15(13)25-9-14(23)21(3)4/h6-8H,5,9H2,1-4H3,(H,20,26)/b18-8-. The lowest BCUT2D eigenvalue weighted by Gasteiger charge is -2.16. The van der Waals surface area contributed by atoms with Crippen molar-refractivity contribution in [2.75, 3.05) is 27.3 Å². The number of carbonyl (C=O) groups excluding carboxylic acids is 1. The number of halogens is 1. The number of likely N-dealkylation sites (N-methyl/N-ethyl adjacent to an activating group) is 1. The number of hydrogen-bond acceptors (Lipinski definition) is 6. The van der Waals surface area contributed by atoms with Gasteiger partial charge in [-0.2, -0.15) is 14.9 Å². The van der Waals surface area contributed by atoms with Crippen LogP contribution < -0.4 is 9.47 Å². The van der Waals surface area contributed by atoms with Gasteiger partial charge < -0.3 is 14.4 Å². The molecule has 0 unspecified atom stereocenters. The third kappa shape index (κ3) is 4.83. The predicted molar refractivity (Wildman–Crippen MR) is 102 cm³/mol. The van der Waals surface area contributed by atoms with Crippen LogP contribution in [0, 0.1) is 11.7 Å². The first-order valence-electron chi connectivity index (χ1n) is 7.81. The second kappa shape index (κ2) is 8.81. The lowest BCUT2D eigenvalue weighted by atomic mass is 10.2. The van der Waals surface area contributed by atoms with Crippen molar-refractivity contribution in [2.24, 2.45) is 5.10 Å². The van der Waals surface area contributed by atoms with Gasteiger partial charge in [0.2, 0.25) is 4.77 Å². The van der Waals surface area contributed by atoms with Crippen molar-refractivity contribution >= 4 is 35.9 Å². The number of ether oxygens (including phenoxy) is 2. The number of nitrogens with zero attached hydrogens (tertiary/aromatic N) is 4. The van der Waals surface area contributed by atoms with Crippen LogP contribution in [0.5, 0.6) is 11.5 Å². The minimum atomic E-state index is -0.182. The van der Waals surface area contributed by atoms with Crippen LogP contribution >= 0.6 is 23.8 Å². The molecule has 8 nitrogen and oxygen atoms in total. The molecular weight excluding hydrogens is 378 g/mol. The van der Waals surface area contributed by atoms with E-state index in [0.717, 1.165) is 0 Å². The summed E-state index contributed by atoms with van der Waals surface area (Å²) in [5.41, 5.74) is 0.687. The minimum Gasteiger partial charge on any atom is -0.490 e. The maximum atomic E-state index is 11.7. The van der Waals surface area contributed by atoms with E-state index in [0.29, 0.717) is 39.3 Å². The number of H-pyrrole nitrogens is 1. The molecule has 140 valence electrons. The van der Waals surface area contributed by atoms with Crippen LogP contribution in [0.2, 0.25) is 5.02 Å². The normalized spacial score (nSPS) is 11.0. The van der Waals surface area contributed by atoms with E-state index in [1.54, 1.807) is 39.4 Å². The third-order valence-corrected chi connectivity index (χ3v) is 3.85. The van der Waals surface area contributed by atoms with Gasteiger partial charge in [-0.05, 0) is 43.8 Å². The molecule has 1 N–H and O–H groups in total. The molecule has 26 heavy (non-hydrogen) atoms. The average Bonchev–Trinajstić information content (AvgIpc) is 2.90. The Labute approximate surface area is 161 Å². The highest BCUT2D eigenvalue weighted by Gasteiger charge is 2.14. The predicted octanol–water partition coefficient (Wildman–Crippen LogP) is 2.65. The van der Waals surface area contributed by atoms with Crippen molar-refractivity contribution in [3.8, 4) is 11.5 Å². The minimum absolute atomic E-state index is 0.135. The Hall–Kier alpha value is -2.39. The highest BCUT2D eigenvalue weighted by atomic mass is 35.5. The monoisotopic (exact) mass is 397 g/mol. The fourth-order valence-corrected chi connectivity index (χ4v) is 2.46. The van der Waals surface area contributed by atoms with Gasteiger partial charge in [0.25, 0.3) is 5.91 Å². The Morgan fingerprint density at radius 2 is 2.19 bits per heavy atom. The lowest BCUT2D eigenvalue weighted by molar-refractivity contribution is -0.130. The summed E-state index contributed by atoms with van der Waals surface area (Å²) in [6.45, 7) is 3.91. The van der Waals surface area contributed by atoms with E-state index >= 15 is 0 Å². The van der Waals surface area contributed by atoms with Gasteiger partial charge in [-0.1, -0.05) is 11.6 Å². The molecule has 0 fully saturated rings. The zero-order valence-electron chi connectivity index (χ0n) is 14.9. The molecule has 0 radical (unpaired) electrons. The van der Waals surface area contributed by atoms with Crippen LogP contribution in [0.25, 0.3) is 0 Å². The van der Waals surface area contributed by atoms with Gasteiger partial charge in [-0.3, -0.25) is 9.89 Å². The molecule has 1 amide bonds. The van der Waals surface area contributed by atoms with Gasteiger partial charge in [0.1, 0.15) is 5.82 Å². The summed E-state index contributed by atoms with van der Waals surface area (Å²) in [7, 11) is 3.30. The molecule has 10 heteroatoms. The number of aromatic amines is 1. The van der Waals surface area contributed by atoms with Gasteiger partial charge in [0.05, 0.1) is 17.8 Å². The maximum absolute atomic E-state index is 11.7. The number of aromatic nitrogens is 3.